The Morgan fingerprint density at radius 2 is 2.18 bits per heavy atom. The first kappa shape index (κ1) is 13.9. The van der Waals surface area contributed by atoms with Crippen molar-refractivity contribution in [2.45, 2.75) is 51.0 Å². The Hall–Kier alpha value is -1.16. The van der Waals surface area contributed by atoms with Gasteiger partial charge in [-0.25, -0.2) is 0 Å². The molecule has 1 aliphatic carbocycles. The molecular formula is C13H20O4. The lowest BCUT2D eigenvalue weighted by Gasteiger charge is -1.99. The van der Waals surface area contributed by atoms with E-state index in [1.165, 1.54) is 7.11 Å². The van der Waals surface area contributed by atoms with Gasteiger partial charge in [0.2, 0.25) is 0 Å². The molecule has 0 spiro atoms. The van der Waals surface area contributed by atoms with Crippen molar-refractivity contribution in [1.29, 1.82) is 0 Å². The van der Waals surface area contributed by atoms with Crippen LogP contribution < -0.4 is 0 Å². The molecule has 0 heterocycles. The van der Waals surface area contributed by atoms with Gasteiger partial charge in [0, 0.05) is 19.3 Å². The van der Waals surface area contributed by atoms with Crippen molar-refractivity contribution in [3.05, 3.63) is 11.6 Å². The molecule has 1 fully saturated rings. The van der Waals surface area contributed by atoms with E-state index in [0.717, 1.165) is 31.3 Å². The van der Waals surface area contributed by atoms with E-state index >= 15 is 0 Å². The van der Waals surface area contributed by atoms with Gasteiger partial charge in [-0.15, -0.1) is 0 Å². The third-order valence-electron chi connectivity index (χ3n) is 2.94. The summed E-state index contributed by atoms with van der Waals surface area (Å²) in [5, 5.41) is 9.29. The van der Waals surface area contributed by atoms with Crippen LogP contribution in [0.5, 0.6) is 0 Å². The van der Waals surface area contributed by atoms with Gasteiger partial charge in [-0.1, -0.05) is 12.5 Å². The lowest BCUT2D eigenvalue weighted by molar-refractivity contribution is -0.140. The first-order valence-electron chi connectivity index (χ1n) is 6.10. The summed E-state index contributed by atoms with van der Waals surface area (Å²) in [5.41, 5.74) is 0.769. The molecule has 0 aromatic heterocycles. The zero-order valence-corrected chi connectivity index (χ0v) is 10.3. The highest BCUT2D eigenvalue weighted by molar-refractivity contribution is 5.98. The van der Waals surface area contributed by atoms with Crippen LogP contribution in [0.25, 0.3) is 0 Å². The highest BCUT2D eigenvalue weighted by atomic mass is 16.5. The van der Waals surface area contributed by atoms with Gasteiger partial charge in [-0.05, 0) is 24.8 Å². The number of esters is 1. The number of hydrogen-bond donors (Lipinski definition) is 1. The molecule has 1 atom stereocenters. The third-order valence-corrected chi connectivity index (χ3v) is 2.94. The third kappa shape index (κ3) is 5.13. The summed E-state index contributed by atoms with van der Waals surface area (Å²) < 4.78 is 4.54. The molecule has 0 saturated heterocycles. The van der Waals surface area contributed by atoms with Crippen molar-refractivity contribution in [2.75, 3.05) is 7.11 Å². The number of carbonyl (C=O) groups excluding carboxylic acids is 2. The highest BCUT2D eigenvalue weighted by Crippen LogP contribution is 2.22. The molecule has 1 saturated carbocycles. The predicted octanol–water partition coefficient (Wildman–Crippen LogP) is 1.76. The van der Waals surface area contributed by atoms with E-state index in [9.17, 15) is 14.7 Å². The van der Waals surface area contributed by atoms with Crippen LogP contribution in [0.1, 0.15) is 44.9 Å². The second kappa shape index (κ2) is 7.22. The van der Waals surface area contributed by atoms with Crippen LogP contribution in [0.3, 0.4) is 0 Å². The summed E-state index contributed by atoms with van der Waals surface area (Å²) in [4.78, 5) is 22.2. The summed E-state index contributed by atoms with van der Waals surface area (Å²) in [5.74, 6) is -0.0930. The Kier molecular flexibility index (Phi) is 5.91. The number of unbranched alkanes of at least 4 members (excludes halogenated alkanes) is 3. The SMILES string of the molecule is COC(=O)CCCCC/C=C1/CC(O)CC1=O. The number of carbonyl (C=O) groups is 2. The molecule has 0 amide bonds. The van der Waals surface area contributed by atoms with Crippen LogP contribution >= 0.6 is 0 Å². The Morgan fingerprint density at radius 1 is 1.41 bits per heavy atom. The smallest absolute Gasteiger partial charge is 0.305 e. The monoisotopic (exact) mass is 240 g/mol. The van der Waals surface area contributed by atoms with Crippen LogP contribution in [0, 0.1) is 0 Å². The number of ketones is 1. The Bertz CT molecular complexity index is 307. The van der Waals surface area contributed by atoms with Gasteiger partial charge in [0.25, 0.3) is 0 Å². The molecule has 96 valence electrons. The van der Waals surface area contributed by atoms with Gasteiger partial charge in [-0.3, -0.25) is 9.59 Å². The van der Waals surface area contributed by atoms with Crippen LogP contribution in [0.4, 0.5) is 0 Å². The van der Waals surface area contributed by atoms with Gasteiger partial charge >= 0.3 is 5.97 Å². The predicted molar refractivity (Wildman–Crippen MR) is 63.4 cm³/mol. The Balaban J connectivity index is 2.10. The van der Waals surface area contributed by atoms with E-state index < -0.39 is 6.10 Å². The van der Waals surface area contributed by atoms with Crippen molar-refractivity contribution >= 4 is 11.8 Å². The minimum Gasteiger partial charge on any atom is -0.469 e. The zero-order valence-electron chi connectivity index (χ0n) is 10.3. The van der Waals surface area contributed by atoms with E-state index in [2.05, 4.69) is 4.74 Å². The van der Waals surface area contributed by atoms with Crippen molar-refractivity contribution in [3.8, 4) is 0 Å². The second-order valence-corrected chi connectivity index (χ2v) is 4.39. The van der Waals surface area contributed by atoms with Crippen LogP contribution in [0.2, 0.25) is 0 Å². The van der Waals surface area contributed by atoms with Crippen LogP contribution in [-0.2, 0) is 14.3 Å². The number of allylic oxidation sites excluding steroid dienone is 1. The number of aliphatic hydroxyl groups excluding tert-OH is 1. The maximum absolute atomic E-state index is 11.3. The molecule has 1 N–H and O–H groups in total. The normalized spacial score (nSPS) is 22.1. The number of methoxy groups -OCH3 is 1. The Morgan fingerprint density at radius 3 is 2.76 bits per heavy atom. The van der Waals surface area contributed by atoms with Crippen LogP contribution in [0.15, 0.2) is 11.6 Å². The summed E-state index contributed by atoms with van der Waals surface area (Å²) in [7, 11) is 1.39. The molecule has 17 heavy (non-hydrogen) atoms. The van der Waals surface area contributed by atoms with Gasteiger partial charge in [0.15, 0.2) is 5.78 Å². The Labute approximate surface area is 102 Å². The first-order valence-corrected chi connectivity index (χ1v) is 6.10. The molecule has 1 aliphatic rings. The summed E-state index contributed by atoms with van der Waals surface area (Å²) in [6.07, 6.45) is 6.27. The number of rotatable bonds is 6. The van der Waals surface area contributed by atoms with E-state index in [-0.39, 0.29) is 18.2 Å². The fourth-order valence-corrected chi connectivity index (χ4v) is 1.95. The lowest BCUT2D eigenvalue weighted by Crippen LogP contribution is -1.99. The lowest BCUT2D eigenvalue weighted by atomic mass is 10.1. The molecule has 0 aromatic carbocycles. The van der Waals surface area contributed by atoms with Gasteiger partial charge < -0.3 is 9.84 Å². The number of hydrogen-bond acceptors (Lipinski definition) is 4. The summed E-state index contributed by atoms with van der Waals surface area (Å²) >= 11 is 0. The summed E-state index contributed by atoms with van der Waals surface area (Å²) in [6.45, 7) is 0. The van der Waals surface area contributed by atoms with E-state index in [1.54, 1.807) is 0 Å². The van der Waals surface area contributed by atoms with Crippen molar-refractivity contribution in [3.63, 3.8) is 0 Å². The molecule has 1 rings (SSSR count). The molecule has 4 heteroatoms. The molecule has 0 bridgehead atoms. The average Bonchev–Trinajstić information content (AvgIpc) is 2.62. The quantitative estimate of drug-likeness (QED) is 0.436. The standard InChI is InChI=1S/C13H20O4/c1-17-13(16)7-5-3-2-4-6-10-8-11(14)9-12(10)15/h6,11,14H,2-5,7-9H2,1H3/b10-6-. The molecule has 0 aliphatic heterocycles. The van der Waals surface area contributed by atoms with Crippen molar-refractivity contribution in [1.82, 2.24) is 0 Å². The average molecular weight is 240 g/mol. The first-order chi connectivity index (χ1) is 8.13. The van der Waals surface area contributed by atoms with Gasteiger partial charge in [-0.2, -0.15) is 0 Å². The van der Waals surface area contributed by atoms with Gasteiger partial charge in [0.05, 0.1) is 13.2 Å². The van der Waals surface area contributed by atoms with E-state index in [1.807, 2.05) is 6.08 Å². The molecule has 4 nitrogen and oxygen atoms in total. The number of ether oxygens (including phenoxy) is 1. The molecule has 1 unspecified atom stereocenters. The minimum atomic E-state index is -0.479. The van der Waals surface area contributed by atoms with Crippen molar-refractivity contribution in [2.24, 2.45) is 0 Å². The second-order valence-electron chi connectivity index (χ2n) is 4.39. The number of Topliss-reactive ketones (excluding diaryl/α,β-unsaturated/α-hetero) is 1. The highest BCUT2D eigenvalue weighted by Gasteiger charge is 2.24. The topological polar surface area (TPSA) is 63.6 Å². The van der Waals surface area contributed by atoms with Gasteiger partial charge in [0.1, 0.15) is 0 Å². The molecule has 0 aromatic rings. The molecule has 0 radical (unpaired) electrons. The van der Waals surface area contributed by atoms with Crippen LogP contribution in [-0.4, -0.2) is 30.1 Å². The maximum Gasteiger partial charge on any atom is 0.305 e. The number of aliphatic hydroxyl groups is 1. The van der Waals surface area contributed by atoms with E-state index in [4.69, 9.17) is 0 Å². The zero-order chi connectivity index (χ0) is 12.7. The minimum absolute atomic E-state index is 0.0760. The fraction of sp³-hybridized carbons (Fsp3) is 0.692. The van der Waals surface area contributed by atoms with Crippen molar-refractivity contribution < 1.29 is 19.4 Å². The largest absolute Gasteiger partial charge is 0.469 e. The fourth-order valence-electron chi connectivity index (χ4n) is 1.95. The van der Waals surface area contributed by atoms with E-state index in [0.29, 0.717) is 12.8 Å². The maximum atomic E-state index is 11.3. The summed E-state index contributed by atoms with van der Waals surface area (Å²) in [6, 6.07) is 0. The molecular weight excluding hydrogens is 220 g/mol.